The fraction of sp³-hybridized carbons (Fsp3) is 0.0714. The number of nitrogens with zero attached hydrogens (tertiary/aromatic N) is 1. The summed E-state index contributed by atoms with van der Waals surface area (Å²) in [6.07, 6.45) is -4.64. The number of carbonyl (C=O) groups excluding carboxylic acids is 1. The van der Waals surface area contributed by atoms with Crippen LogP contribution in [0.4, 0.5) is 18.9 Å². The summed E-state index contributed by atoms with van der Waals surface area (Å²) in [7, 11) is 0. The van der Waals surface area contributed by atoms with Crippen molar-refractivity contribution in [2.45, 2.75) is 6.18 Å². The Kier molecular flexibility index (Phi) is 5.60. The molecular weight excluding hydrogens is 454 g/mol. The number of hydrogen-bond acceptors (Lipinski definition) is 4. The van der Waals surface area contributed by atoms with Gasteiger partial charge in [0.05, 0.1) is 20.5 Å². The molecule has 11 heteroatoms. The van der Waals surface area contributed by atoms with Crippen molar-refractivity contribution >= 4 is 49.5 Å². The summed E-state index contributed by atoms with van der Waals surface area (Å²) in [4.78, 5) is 21.6. The van der Waals surface area contributed by atoms with Crippen LogP contribution in [0.5, 0.6) is 11.5 Å². The van der Waals surface area contributed by atoms with E-state index in [0.717, 1.165) is 18.2 Å². The Morgan fingerprint density at radius 2 is 1.72 bits per heavy atom. The zero-order valence-electron chi connectivity index (χ0n) is 11.7. The van der Waals surface area contributed by atoms with E-state index >= 15 is 0 Å². The third kappa shape index (κ3) is 4.42. The maximum atomic E-state index is 12.7. The molecule has 0 bridgehead atoms. The highest BCUT2D eigenvalue weighted by molar-refractivity contribution is 9.18. The molecule has 132 valence electrons. The first-order chi connectivity index (χ1) is 11.5. The lowest BCUT2D eigenvalue weighted by atomic mass is 10.2. The van der Waals surface area contributed by atoms with Gasteiger partial charge in [0.1, 0.15) is 11.3 Å². The Bertz CT molecular complexity index is 851. The van der Waals surface area contributed by atoms with Crippen LogP contribution in [0.1, 0.15) is 15.9 Å². The van der Waals surface area contributed by atoms with E-state index in [2.05, 4.69) is 15.9 Å². The Hall–Kier alpha value is -1.84. The van der Waals surface area contributed by atoms with E-state index in [4.69, 9.17) is 27.9 Å². The molecule has 5 nitrogen and oxygen atoms in total. The van der Waals surface area contributed by atoms with Crippen LogP contribution in [-0.2, 0) is 6.18 Å². The van der Waals surface area contributed by atoms with Gasteiger partial charge in [0, 0.05) is 6.07 Å². The molecule has 0 spiro atoms. The zero-order chi connectivity index (χ0) is 18.9. The first-order valence-electron chi connectivity index (χ1n) is 6.23. The monoisotopic (exact) mass is 457 g/mol. The van der Waals surface area contributed by atoms with Gasteiger partial charge >= 0.3 is 6.18 Å². The van der Waals surface area contributed by atoms with Crippen LogP contribution in [0.25, 0.3) is 0 Å². The van der Waals surface area contributed by atoms with E-state index in [1.807, 2.05) is 0 Å². The maximum absolute atomic E-state index is 12.7. The molecule has 0 aliphatic rings. The maximum Gasteiger partial charge on any atom is 0.416 e. The number of nitro groups is 1. The molecule has 2 rings (SSSR count). The first kappa shape index (κ1) is 19.5. The van der Waals surface area contributed by atoms with Gasteiger partial charge in [-0.3, -0.25) is 14.9 Å². The van der Waals surface area contributed by atoms with Gasteiger partial charge in [-0.05, 0) is 40.2 Å². The molecule has 2 aromatic rings. The van der Waals surface area contributed by atoms with Crippen LogP contribution in [0, 0.1) is 10.1 Å². The molecular formula is C14H5BrCl2F3NO4. The molecule has 0 unspecified atom stereocenters. The standard InChI is InChI=1S/C14H5BrCl2F3NO4/c15-13(22)8-5-7(1-2-11(8)21(23)24)25-12-9(16)3-6(4-10(12)17)14(18,19)20/h1-5H. The SMILES string of the molecule is O=C(Br)c1cc(Oc2c(Cl)cc(C(F)(F)F)cc2Cl)ccc1[N+](=O)[O-]. The summed E-state index contributed by atoms with van der Waals surface area (Å²) in [6, 6.07) is 4.46. The second-order valence-electron chi connectivity index (χ2n) is 4.58. The summed E-state index contributed by atoms with van der Waals surface area (Å²) in [5.41, 5.74) is -1.84. The average Bonchev–Trinajstić information content (AvgIpc) is 2.49. The fourth-order valence-corrected chi connectivity index (χ4v) is 2.72. The van der Waals surface area contributed by atoms with Gasteiger partial charge in [-0.2, -0.15) is 13.2 Å². The summed E-state index contributed by atoms with van der Waals surface area (Å²) >= 11 is 14.2. The summed E-state index contributed by atoms with van der Waals surface area (Å²) in [5, 5.41) is 10.1. The number of nitro benzene ring substituents is 1. The van der Waals surface area contributed by atoms with Crippen LogP contribution in [0.3, 0.4) is 0 Å². The number of alkyl halides is 3. The van der Waals surface area contributed by atoms with Crippen molar-refractivity contribution in [3.05, 3.63) is 61.6 Å². The number of halogens is 6. The lowest BCUT2D eigenvalue weighted by Crippen LogP contribution is -2.05. The van der Waals surface area contributed by atoms with Gasteiger partial charge in [-0.15, -0.1) is 0 Å². The minimum absolute atomic E-state index is 0.0723. The zero-order valence-corrected chi connectivity index (χ0v) is 14.8. The Morgan fingerprint density at radius 3 is 2.16 bits per heavy atom. The Labute approximate surface area is 156 Å². The van der Waals surface area contributed by atoms with Crippen molar-refractivity contribution < 1.29 is 27.6 Å². The Morgan fingerprint density at radius 1 is 1.16 bits per heavy atom. The largest absolute Gasteiger partial charge is 0.454 e. The molecule has 0 heterocycles. The van der Waals surface area contributed by atoms with E-state index in [-0.39, 0.29) is 17.1 Å². The van der Waals surface area contributed by atoms with Gasteiger partial charge in [0.15, 0.2) is 5.75 Å². The van der Waals surface area contributed by atoms with Crippen LogP contribution in [0.2, 0.25) is 10.0 Å². The molecule has 0 aliphatic heterocycles. The van der Waals surface area contributed by atoms with Crippen LogP contribution in [0.15, 0.2) is 30.3 Å². The highest BCUT2D eigenvalue weighted by atomic mass is 79.9. The predicted octanol–water partition coefficient (Wildman–Crippen LogP) is 6.25. The molecule has 0 radical (unpaired) electrons. The average molecular weight is 459 g/mol. The summed E-state index contributed by atoms with van der Waals surface area (Å²) in [6.45, 7) is 0. The Balaban J connectivity index is 2.45. The number of ether oxygens (including phenoxy) is 1. The third-order valence-electron chi connectivity index (χ3n) is 2.92. The van der Waals surface area contributed by atoms with Crippen molar-refractivity contribution in [2.75, 3.05) is 0 Å². The fourth-order valence-electron chi connectivity index (χ4n) is 1.83. The summed E-state index contributed by atoms with van der Waals surface area (Å²) < 4.78 is 42.6. The quantitative estimate of drug-likeness (QED) is 0.308. The van der Waals surface area contributed by atoms with Crippen LogP contribution < -0.4 is 4.74 Å². The normalized spacial score (nSPS) is 11.3. The number of hydrogen-bond donors (Lipinski definition) is 0. The third-order valence-corrected chi connectivity index (χ3v) is 3.91. The van der Waals surface area contributed by atoms with Crippen molar-refractivity contribution in [2.24, 2.45) is 0 Å². The lowest BCUT2D eigenvalue weighted by molar-refractivity contribution is -0.385. The van der Waals surface area contributed by atoms with Crippen molar-refractivity contribution in [3.8, 4) is 11.5 Å². The van der Waals surface area contributed by atoms with Crippen LogP contribution in [-0.4, -0.2) is 9.62 Å². The van der Waals surface area contributed by atoms with E-state index in [9.17, 15) is 28.1 Å². The molecule has 0 saturated heterocycles. The van der Waals surface area contributed by atoms with E-state index in [0.29, 0.717) is 12.1 Å². The van der Waals surface area contributed by atoms with Gasteiger partial charge < -0.3 is 4.74 Å². The van der Waals surface area contributed by atoms with Crippen molar-refractivity contribution in [3.63, 3.8) is 0 Å². The van der Waals surface area contributed by atoms with Crippen LogP contribution >= 0.6 is 39.1 Å². The highest BCUT2D eigenvalue weighted by Crippen LogP contribution is 2.42. The van der Waals surface area contributed by atoms with E-state index in [1.54, 1.807) is 0 Å². The number of rotatable bonds is 4. The molecule has 2 aromatic carbocycles. The topological polar surface area (TPSA) is 69.4 Å². The van der Waals surface area contributed by atoms with Crippen molar-refractivity contribution in [1.29, 1.82) is 0 Å². The smallest absolute Gasteiger partial charge is 0.416 e. The lowest BCUT2D eigenvalue weighted by Gasteiger charge is -2.13. The predicted molar refractivity (Wildman–Crippen MR) is 87.9 cm³/mol. The second-order valence-corrected chi connectivity index (χ2v) is 6.11. The van der Waals surface area contributed by atoms with Gasteiger partial charge in [-0.25, -0.2) is 0 Å². The van der Waals surface area contributed by atoms with Gasteiger partial charge in [-0.1, -0.05) is 23.2 Å². The van der Waals surface area contributed by atoms with E-state index in [1.165, 1.54) is 0 Å². The van der Waals surface area contributed by atoms with Gasteiger partial charge in [0.2, 0.25) is 4.69 Å². The molecule has 0 atom stereocenters. The number of benzene rings is 2. The molecule has 0 saturated carbocycles. The summed E-state index contributed by atoms with van der Waals surface area (Å²) in [5.74, 6) is -0.352. The minimum atomic E-state index is -4.64. The van der Waals surface area contributed by atoms with Gasteiger partial charge in [0.25, 0.3) is 5.69 Å². The first-order valence-corrected chi connectivity index (χ1v) is 7.78. The molecule has 0 aliphatic carbocycles. The van der Waals surface area contributed by atoms with E-state index < -0.39 is 37.1 Å². The minimum Gasteiger partial charge on any atom is -0.454 e. The highest BCUT2D eigenvalue weighted by Gasteiger charge is 2.32. The molecule has 0 N–H and O–H groups in total. The molecule has 25 heavy (non-hydrogen) atoms. The van der Waals surface area contributed by atoms with Crippen molar-refractivity contribution in [1.82, 2.24) is 0 Å². The second kappa shape index (κ2) is 7.19. The molecule has 0 aromatic heterocycles. The molecule has 0 fully saturated rings. The molecule has 0 amide bonds. The number of carbonyl (C=O) groups is 1.